The molecule has 0 aliphatic heterocycles. The molecule has 0 bridgehead atoms. The average molecular weight is 444 g/mol. The van der Waals surface area contributed by atoms with Gasteiger partial charge in [0, 0.05) is 17.8 Å². The number of nitrogens with one attached hydrogen (secondary N) is 1. The zero-order valence-corrected chi connectivity index (χ0v) is 17.9. The maximum atomic E-state index is 12.6. The second kappa shape index (κ2) is 9.31. The number of rotatable bonds is 6. The molecule has 9 nitrogen and oxygen atoms in total. The van der Waals surface area contributed by atoms with Crippen LogP contribution >= 0.6 is 0 Å². The van der Waals surface area contributed by atoms with Crippen molar-refractivity contribution in [3.63, 3.8) is 0 Å². The minimum Gasteiger partial charge on any atom is -0.465 e. The van der Waals surface area contributed by atoms with E-state index in [2.05, 4.69) is 15.5 Å². The predicted molar refractivity (Wildman–Crippen MR) is 121 cm³/mol. The van der Waals surface area contributed by atoms with Gasteiger partial charge in [-0.05, 0) is 25.1 Å². The lowest BCUT2D eigenvalue weighted by molar-refractivity contribution is -0.116. The van der Waals surface area contributed by atoms with Gasteiger partial charge in [0.1, 0.15) is 6.54 Å². The van der Waals surface area contributed by atoms with Crippen molar-refractivity contribution in [2.45, 2.75) is 13.5 Å². The Morgan fingerprint density at radius 1 is 1.03 bits per heavy atom. The first-order valence-corrected chi connectivity index (χ1v) is 10.0. The Morgan fingerprint density at radius 2 is 1.76 bits per heavy atom. The van der Waals surface area contributed by atoms with Crippen molar-refractivity contribution < 1.29 is 18.8 Å². The number of benzene rings is 2. The van der Waals surface area contributed by atoms with E-state index in [4.69, 9.17) is 9.26 Å². The summed E-state index contributed by atoms with van der Waals surface area (Å²) in [5, 5.41) is 6.64. The van der Waals surface area contributed by atoms with Crippen LogP contribution in [-0.2, 0) is 16.1 Å². The number of aryl methyl sites for hydroxylation is 1. The third kappa shape index (κ3) is 4.87. The highest BCUT2D eigenvalue weighted by molar-refractivity contribution is 6.01. The third-order valence-corrected chi connectivity index (χ3v) is 4.89. The molecule has 0 radical (unpaired) electrons. The fourth-order valence-electron chi connectivity index (χ4n) is 3.17. The fraction of sp³-hybridized carbons (Fsp3) is 0.125. The summed E-state index contributed by atoms with van der Waals surface area (Å²) in [6, 6.07) is 17.0. The van der Waals surface area contributed by atoms with Gasteiger partial charge in [-0.1, -0.05) is 47.1 Å². The average Bonchev–Trinajstić information content (AvgIpc) is 3.31. The van der Waals surface area contributed by atoms with Gasteiger partial charge in [0.25, 0.3) is 11.4 Å². The van der Waals surface area contributed by atoms with Crippen LogP contribution in [-0.4, -0.2) is 33.7 Å². The molecule has 2 aromatic heterocycles. The van der Waals surface area contributed by atoms with Gasteiger partial charge >= 0.3 is 5.97 Å². The van der Waals surface area contributed by atoms with Crippen molar-refractivity contribution in [1.82, 2.24) is 14.7 Å². The molecule has 1 N–H and O–H groups in total. The Morgan fingerprint density at radius 3 is 2.52 bits per heavy atom. The summed E-state index contributed by atoms with van der Waals surface area (Å²) < 4.78 is 11.3. The van der Waals surface area contributed by atoms with E-state index in [0.29, 0.717) is 11.4 Å². The third-order valence-electron chi connectivity index (χ3n) is 4.89. The van der Waals surface area contributed by atoms with Gasteiger partial charge in [-0.25, -0.2) is 4.79 Å². The standard InChI is InChI=1S/C24H20N4O5/c1-15-7-9-16(10-8-15)22-26-23(33-27-22)17-11-12-21(30)28(13-17)14-20(29)25-19-6-4-3-5-18(19)24(31)32-2/h3-13H,14H2,1-2H3,(H,25,29). The van der Waals surface area contributed by atoms with E-state index < -0.39 is 11.9 Å². The number of anilines is 1. The molecule has 2 aromatic carbocycles. The number of carbonyl (C=O) groups is 2. The van der Waals surface area contributed by atoms with Crippen LogP contribution in [0.15, 0.2) is 76.2 Å². The number of esters is 1. The zero-order valence-electron chi connectivity index (χ0n) is 17.9. The summed E-state index contributed by atoms with van der Waals surface area (Å²) in [6.45, 7) is 1.71. The minimum atomic E-state index is -0.578. The zero-order chi connectivity index (χ0) is 23.4. The second-order valence-corrected chi connectivity index (χ2v) is 7.26. The number of nitrogens with zero attached hydrogens (tertiary/aromatic N) is 3. The number of hydrogen-bond acceptors (Lipinski definition) is 7. The van der Waals surface area contributed by atoms with Gasteiger partial charge in [0.05, 0.1) is 23.9 Å². The van der Waals surface area contributed by atoms with Crippen LogP contribution in [0.4, 0.5) is 5.69 Å². The van der Waals surface area contributed by atoms with E-state index in [0.717, 1.165) is 11.1 Å². The smallest absolute Gasteiger partial charge is 0.339 e. The summed E-state index contributed by atoms with van der Waals surface area (Å²) in [7, 11) is 1.26. The number of aromatic nitrogens is 3. The largest absolute Gasteiger partial charge is 0.465 e. The van der Waals surface area contributed by atoms with Gasteiger partial charge in [0.15, 0.2) is 0 Å². The number of carbonyl (C=O) groups excluding carboxylic acids is 2. The number of pyridine rings is 1. The molecule has 0 aliphatic carbocycles. The van der Waals surface area contributed by atoms with E-state index in [1.54, 1.807) is 24.3 Å². The topological polar surface area (TPSA) is 116 Å². The predicted octanol–water partition coefficient (Wildman–Crippen LogP) is 3.30. The maximum absolute atomic E-state index is 12.6. The van der Waals surface area contributed by atoms with Gasteiger partial charge in [-0.2, -0.15) is 4.98 Å². The van der Waals surface area contributed by atoms with Crippen LogP contribution in [0.25, 0.3) is 22.8 Å². The van der Waals surface area contributed by atoms with E-state index >= 15 is 0 Å². The van der Waals surface area contributed by atoms with Crippen LogP contribution in [0.1, 0.15) is 15.9 Å². The van der Waals surface area contributed by atoms with E-state index in [1.807, 2.05) is 31.2 Å². The first kappa shape index (κ1) is 21.7. The molecule has 0 fully saturated rings. The second-order valence-electron chi connectivity index (χ2n) is 7.26. The SMILES string of the molecule is COC(=O)c1ccccc1NC(=O)Cn1cc(-c2nc(-c3ccc(C)cc3)no2)ccc1=O. The van der Waals surface area contributed by atoms with E-state index in [-0.39, 0.29) is 29.2 Å². The molecule has 33 heavy (non-hydrogen) atoms. The molecule has 0 atom stereocenters. The van der Waals surface area contributed by atoms with Gasteiger partial charge in [-0.15, -0.1) is 0 Å². The minimum absolute atomic E-state index is 0.212. The molecule has 166 valence electrons. The summed E-state index contributed by atoms with van der Waals surface area (Å²) in [5.74, 6) is -0.432. The first-order valence-electron chi connectivity index (χ1n) is 10.0. The van der Waals surface area contributed by atoms with Crippen molar-refractivity contribution in [2.24, 2.45) is 0 Å². The Hall–Kier alpha value is -4.53. The molecule has 0 saturated carbocycles. The number of hydrogen-bond donors (Lipinski definition) is 1. The number of para-hydroxylation sites is 1. The molecular formula is C24H20N4O5. The Balaban J connectivity index is 1.54. The first-order chi connectivity index (χ1) is 15.9. The van der Waals surface area contributed by atoms with Crippen LogP contribution in [0.3, 0.4) is 0 Å². The van der Waals surface area contributed by atoms with E-state index in [9.17, 15) is 14.4 Å². The van der Waals surface area contributed by atoms with E-state index in [1.165, 1.54) is 30.0 Å². The molecule has 4 aromatic rings. The van der Waals surface area contributed by atoms with Crippen molar-refractivity contribution in [3.8, 4) is 22.8 Å². The van der Waals surface area contributed by atoms with Gasteiger partial charge < -0.3 is 19.1 Å². The lowest BCUT2D eigenvalue weighted by Crippen LogP contribution is -2.27. The Labute approximate surface area is 188 Å². The molecule has 0 aliphatic rings. The lowest BCUT2D eigenvalue weighted by atomic mass is 10.1. The fourth-order valence-corrected chi connectivity index (χ4v) is 3.17. The highest BCUT2D eigenvalue weighted by Crippen LogP contribution is 2.22. The molecule has 2 heterocycles. The van der Waals surface area contributed by atoms with Crippen LogP contribution in [0.5, 0.6) is 0 Å². The van der Waals surface area contributed by atoms with Crippen LogP contribution < -0.4 is 10.9 Å². The number of methoxy groups -OCH3 is 1. The van der Waals surface area contributed by atoms with Crippen LogP contribution in [0, 0.1) is 6.92 Å². The molecule has 0 saturated heterocycles. The molecule has 9 heteroatoms. The van der Waals surface area contributed by atoms with Gasteiger partial charge in [0.2, 0.25) is 11.7 Å². The highest BCUT2D eigenvalue weighted by atomic mass is 16.5. The molecule has 0 unspecified atom stereocenters. The van der Waals surface area contributed by atoms with Crippen LogP contribution in [0.2, 0.25) is 0 Å². The van der Waals surface area contributed by atoms with Crippen molar-refractivity contribution in [2.75, 3.05) is 12.4 Å². The van der Waals surface area contributed by atoms with Crippen molar-refractivity contribution >= 4 is 17.6 Å². The van der Waals surface area contributed by atoms with Crippen molar-refractivity contribution in [1.29, 1.82) is 0 Å². The Kier molecular flexibility index (Phi) is 6.12. The normalized spacial score (nSPS) is 10.6. The molecule has 1 amide bonds. The summed E-state index contributed by atoms with van der Waals surface area (Å²) in [6.07, 6.45) is 1.47. The van der Waals surface area contributed by atoms with Gasteiger partial charge in [-0.3, -0.25) is 9.59 Å². The number of amides is 1. The summed E-state index contributed by atoms with van der Waals surface area (Å²) in [4.78, 5) is 41.2. The van der Waals surface area contributed by atoms with Crippen molar-refractivity contribution in [3.05, 3.63) is 88.3 Å². The summed E-state index contributed by atoms with van der Waals surface area (Å²) in [5.41, 5.74) is 2.52. The maximum Gasteiger partial charge on any atom is 0.339 e. The quantitative estimate of drug-likeness (QED) is 0.454. The number of ether oxygens (including phenoxy) is 1. The molecule has 4 rings (SSSR count). The monoisotopic (exact) mass is 444 g/mol. The Bertz CT molecular complexity index is 1370. The summed E-state index contributed by atoms with van der Waals surface area (Å²) >= 11 is 0. The highest BCUT2D eigenvalue weighted by Gasteiger charge is 2.15. The molecule has 0 spiro atoms. The lowest BCUT2D eigenvalue weighted by Gasteiger charge is -2.11. The molecular weight excluding hydrogens is 424 g/mol.